The van der Waals surface area contributed by atoms with Gasteiger partial charge in [-0.15, -0.1) is 17.0 Å². The molecule has 11 aliphatic rings. The molecule has 0 aromatic heterocycles. The first kappa shape index (κ1) is 33.5. The molecule has 1 saturated carbocycles. The zero-order chi connectivity index (χ0) is 35.3. The predicted molar refractivity (Wildman–Crippen MR) is 206 cm³/mol. The van der Waals surface area contributed by atoms with E-state index >= 15 is 0 Å². The number of para-hydroxylation sites is 2. The van der Waals surface area contributed by atoms with Crippen LogP contribution in [0.4, 0.5) is 11.4 Å². The SMILES string of the molecule is Br.COC(=O)C1=C2Nc3ccccc3[C@@]23CCN2C[C@]4(C[C@@H]5C[C@]67CCO[C@H]6CCN6CC[C@@]8(c9cccc(OC)c9N(C4)[C@@]58O)[C@@H]67)[C@@H]4OCC[C@]4(C1)[C@H]23. The Morgan fingerprint density at radius 2 is 1.70 bits per heavy atom. The minimum Gasteiger partial charge on any atom is -0.495 e. The van der Waals surface area contributed by atoms with Crippen LogP contribution in [-0.2, 0) is 29.8 Å². The van der Waals surface area contributed by atoms with Crippen LogP contribution >= 0.6 is 17.0 Å². The molecule has 2 N–H and O–H groups in total. The quantitative estimate of drug-likeness (QED) is 0.416. The van der Waals surface area contributed by atoms with Crippen molar-refractivity contribution in [1.82, 2.24) is 9.80 Å². The minimum absolute atomic E-state index is 0. The van der Waals surface area contributed by atoms with Crippen LogP contribution in [-0.4, -0.2) is 111 Å². The van der Waals surface area contributed by atoms with Gasteiger partial charge in [-0.1, -0.05) is 30.3 Å². The summed E-state index contributed by atoms with van der Waals surface area (Å²) >= 11 is 0. The monoisotopic (exact) mass is 798 g/mol. The Hall–Kier alpha value is -2.67. The van der Waals surface area contributed by atoms with E-state index in [0.29, 0.717) is 19.6 Å². The molecule has 0 amide bonds. The molecular formula is C43H51BrN4O6. The van der Waals surface area contributed by atoms with Gasteiger partial charge in [0.2, 0.25) is 0 Å². The Kier molecular flexibility index (Phi) is 6.47. The Bertz CT molecular complexity index is 2060. The summed E-state index contributed by atoms with van der Waals surface area (Å²) in [5, 5.41) is 17.8. The first-order chi connectivity index (χ1) is 25.8. The summed E-state index contributed by atoms with van der Waals surface area (Å²) in [6.45, 7) is 6.12. The van der Waals surface area contributed by atoms with Crippen LogP contribution in [0.2, 0.25) is 0 Å². The maximum absolute atomic E-state index is 14.0. The molecule has 286 valence electrons. The molecule has 11 atom stereocenters. The standard InChI is InChI=1S/C43H50N4O6.BrH/c1-50-30-9-5-7-28-32(30)47-24-38(20-25-21-39-13-18-52-31(39)10-15-45-17-12-42(28,36(39)45)43(25,47)49)23-46-16-11-41-27-6-3-4-8-29(27)44-33(41)26(34(48)51-2)22-40(35(41)46)14-19-53-37(38)40;/h3-9,25,31,35-37,44,49H,10-24H2,1-2H3;1H/t25-,31+,35+,36+,37+,38+,39-,40+,41+,42-,43-;/m1./s1. The Labute approximate surface area is 327 Å². The van der Waals surface area contributed by atoms with Crippen molar-refractivity contribution in [2.24, 2.45) is 22.2 Å². The zero-order valence-corrected chi connectivity index (χ0v) is 33.0. The molecule has 5 spiro atoms. The number of hydrogen-bond acceptors (Lipinski definition) is 10. The van der Waals surface area contributed by atoms with Gasteiger partial charge in [0.1, 0.15) is 5.75 Å². The molecule has 8 fully saturated rings. The fraction of sp³-hybridized carbons (Fsp3) is 0.651. The van der Waals surface area contributed by atoms with Crippen molar-refractivity contribution in [3.8, 4) is 5.75 Å². The van der Waals surface area contributed by atoms with Crippen LogP contribution in [0.25, 0.3) is 0 Å². The summed E-state index contributed by atoms with van der Waals surface area (Å²) in [7, 11) is 3.32. The van der Waals surface area contributed by atoms with Gasteiger partial charge in [0.05, 0.1) is 48.5 Å². The second-order valence-corrected chi connectivity index (χ2v) is 18.9. The van der Waals surface area contributed by atoms with Crippen molar-refractivity contribution < 1.29 is 28.8 Å². The largest absolute Gasteiger partial charge is 0.495 e. The summed E-state index contributed by atoms with van der Waals surface area (Å²) in [6, 6.07) is 15.8. The molecular weight excluding hydrogens is 748 g/mol. The molecule has 2 aromatic carbocycles. The number of rotatable bonds is 2. The third-order valence-electron chi connectivity index (χ3n) is 17.7. The first-order valence-corrected chi connectivity index (χ1v) is 20.4. The molecule has 13 rings (SSSR count). The molecule has 0 unspecified atom stereocenters. The number of fused-ring (bicyclic) bond motifs is 4. The van der Waals surface area contributed by atoms with Crippen molar-refractivity contribution >= 4 is 34.3 Å². The van der Waals surface area contributed by atoms with Gasteiger partial charge >= 0.3 is 5.97 Å². The van der Waals surface area contributed by atoms with Gasteiger partial charge in [0.15, 0.2) is 5.72 Å². The van der Waals surface area contributed by atoms with Crippen molar-refractivity contribution in [3.63, 3.8) is 0 Å². The smallest absolute Gasteiger partial charge is 0.335 e. The number of methoxy groups -OCH3 is 2. The number of ether oxygens (including phenoxy) is 4. The highest BCUT2D eigenvalue weighted by Gasteiger charge is 2.83. The third kappa shape index (κ3) is 3.28. The van der Waals surface area contributed by atoms with Crippen molar-refractivity contribution in [1.29, 1.82) is 0 Å². The molecule has 2 aliphatic carbocycles. The van der Waals surface area contributed by atoms with Crippen LogP contribution in [0.15, 0.2) is 53.7 Å². The summed E-state index contributed by atoms with van der Waals surface area (Å²) in [6.07, 6.45) is 7.62. The van der Waals surface area contributed by atoms with Gasteiger partial charge in [-0.2, -0.15) is 0 Å². The van der Waals surface area contributed by atoms with Gasteiger partial charge in [-0.3, -0.25) is 9.80 Å². The lowest BCUT2D eigenvalue weighted by Gasteiger charge is -2.70. The highest BCUT2D eigenvalue weighted by Crippen LogP contribution is 2.77. The molecule has 2 aromatic rings. The molecule has 9 aliphatic heterocycles. The number of carbonyl (C=O) groups excluding carboxylic acids is 1. The van der Waals surface area contributed by atoms with Crippen molar-refractivity contribution in [2.75, 3.05) is 70.4 Å². The highest BCUT2D eigenvalue weighted by atomic mass is 79.9. The number of carbonyl (C=O) groups is 1. The van der Waals surface area contributed by atoms with Crippen molar-refractivity contribution in [3.05, 3.63) is 64.9 Å². The summed E-state index contributed by atoms with van der Waals surface area (Å²) < 4.78 is 25.8. The lowest BCUT2D eigenvalue weighted by molar-refractivity contribution is -0.232. The highest BCUT2D eigenvalue weighted by molar-refractivity contribution is 8.93. The van der Waals surface area contributed by atoms with Gasteiger partial charge in [0, 0.05) is 78.5 Å². The molecule has 7 saturated heterocycles. The van der Waals surface area contributed by atoms with Gasteiger partial charge in [-0.05, 0) is 87.7 Å². The molecule has 11 heteroatoms. The van der Waals surface area contributed by atoms with Crippen LogP contribution in [0.3, 0.4) is 0 Å². The second kappa shape index (κ2) is 10.4. The molecule has 54 heavy (non-hydrogen) atoms. The minimum atomic E-state index is -1.04. The van der Waals surface area contributed by atoms with Crippen molar-refractivity contribution in [2.45, 2.75) is 92.2 Å². The number of nitrogens with one attached hydrogen (secondary N) is 1. The molecule has 10 nitrogen and oxygen atoms in total. The summed E-state index contributed by atoms with van der Waals surface area (Å²) in [4.78, 5) is 22.0. The van der Waals surface area contributed by atoms with Gasteiger partial charge < -0.3 is 34.3 Å². The van der Waals surface area contributed by atoms with E-state index in [1.807, 2.05) is 0 Å². The topological polar surface area (TPSA) is 96.0 Å². The fourth-order valence-corrected chi connectivity index (χ4v) is 16.8. The van der Waals surface area contributed by atoms with E-state index in [0.717, 1.165) is 106 Å². The Morgan fingerprint density at radius 3 is 2.57 bits per heavy atom. The second-order valence-electron chi connectivity index (χ2n) is 18.9. The number of hydrogen-bond donors (Lipinski definition) is 2. The van der Waals surface area contributed by atoms with Crippen LogP contribution in [0, 0.1) is 22.2 Å². The van der Waals surface area contributed by atoms with E-state index in [1.54, 1.807) is 7.11 Å². The Morgan fingerprint density at radius 1 is 0.889 bits per heavy atom. The average Bonchev–Trinajstić information content (AvgIpc) is 4.02. The molecule has 9 heterocycles. The summed E-state index contributed by atoms with van der Waals surface area (Å²) in [5.41, 5.74) is 4.37. The number of aliphatic hydroxyl groups is 1. The lowest BCUT2D eigenvalue weighted by atomic mass is 9.43. The number of esters is 1. The van der Waals surface area contributed by atoms with Gasteiger partial charge in [-0.25, -0.2) is 4.79 Å². The van der Waals surface area contributed by atoms with Crippen LogP contribution in [0.1, 0.15) is 62.5 Å². The number of halogens is 1. The molecule has 0 bridgehead atoms. The van der Waals surface area contributed by atoms with E-state index in [-0.39, 0.29) is 74.8 Å². The number of nitrogens with zero attached hydrogens (tertiary/aromatic N) is 3. The molecule has 0 radical (unpaired) electrons. The number of benzene rings is 2. The van der Waals surface area contributed by atoms with E-state index in [1.165, 1.54) is 18.2 Å². The van der Waals surface area contributed by atoms with Gasteiger partial charge in [0.25, 0.3) is 0 Å². The lowest BCUT2D eigenvalue weighted by Crippen LogP contribution is -2.81. The van der Waals surface area contributed by atoms with E-state index in [9.17, 15) is 9.90 Å². The maximum Gasteiger partial charge on any atom is 0.335 e. The number of anilines is 2. The zero-order valence-electron chi connectivity index (χ0n) is 31.3. The first-order valence-electron chi connectivity index (χ1n) is 20.4. The fourth-order valence-electron chi connectivity index (χ4n) is 16.8. The predicted octanol–water partition coefficient (Wildman–Crippen LogP) is 4.74. The average molecular weight is 800 g/mol. The number of piperidine rings is 3. The third-order valence-corrected chi connectivity index (χ3v) is 17.7. The van der Waals surface area contributed by atoms with E-state index in [4.69, 9.17) is 18.9 Å². The maximum atomic E-state index is 14.0. The van der Waals surface area contributed by atoms with Crippen LogP contribution < -0.4 is 15.0 Å². The Balaban J connectivity index is 0.00000325. The summed E-state index contributed by atoms with van der Waals surface area (Å²) in [5.74, 6) is 0.674. The normalized spacial score (nSPS) is 46.7. The van der Waals surface area contributed by atoms with E-state index in [2.05, 4.69) is 62.5 Å². The van der Waals surface area contributed by atoms with E-state index < -0.39 is 11.1 Å². The van der Waals surface area contributed by atoms with Crippen LogP contribution in [0.5, 0.6) is 5.75 Å².